The number of methoxy groups -OCH3 is 1. The number of ether oxygens (including phenoxy) is 2. The fourth-order valence-corrected chi connectivity index (χ4v) is 4.20. The molecule has 2 heterocycles. The molecule has 31 heavy (non-hydrogen) atoms. The number of hydrogen-bond donors (Lipinski definition) is 0. The predicted octanol–water partition coefficient (Wildman–Crippen LogP) is 3.96. The highest BCUT2D eigenvalue weighted by Crippen LogP contribution is 2.42. The van der Waals surface area contributed by atoms with Gasteiger partial charge in [0.05, 0.1) is 30.8 Å². The lowest BCUT2D eigenvalue weighted by molar-refractivity contribution is -0.153. The maximum atomic E-state index is 13.7. The molecule has 1 aliphatic rings. The highest BCUT2D eigenvalue weighted by Gasteiger charge is 2.47. The molecule has 3 aromatic rings. The van der Waals surface area contributed by atoms with Crippen molar-refractivity contribution in [2.24, 2.45) is 5.92 Å². The second kappa shape index (κ2) is 8.79. The predicted molar refractivity (Wildman–Crippen MR) is 118 cm³/mol. The zero-order chi connectivity index (χ0) is 22.0. The average Bonchev–Trinajstić information content (AvgIpc) is 3.17. The molecule has 0 radical (unpaired) electrons. The number of aromatic nitrogens is 2. The van der Waals surface area contributed by atoms with E-state index in [1.807, 2.05) is 53.1 Å². The fraction of sp³-hybridized carbons (Fsp3) is 0.375. The van der Waals surface area contributed by atoms with Crippen molar-refractivity contribution in [2.45, 2.75) is 32.7 Å². The van der Waals surface area contributed by atoms with Crippen LogP contribution in [0.3, 0.4) is 0 Å². The molecule has 0 fully saturated rings. The molecule has 2 atom stereocenters. The van der Waals surface area contributed by atoms with E-state index in [1.165, 1.54) is 0 Å². The van der Waals surface area contributed by atoms with Crippen LogP contribution in [-0.4, -0.2) is 41.7 Å². The Balaban J connectivity index is 1.98. The van der Waals surface area contributed by atoms with Crippen LogP contribution >= 0.6 is 0 Å². The van der Waals surface area contributed by atoms with Gasteiger partial charge >= 0.3 is 5.97 Å². The molecule has 0 saturated heterocycles. The minimum Gasteiger partial charge on any atom is -0.497 e. The number of para-hydroxylation sites is 2. The van der Waals surface area contributed by atoms with Crippen LogP contribution in [0.1, 0.15) is 38.3 Å². The number of carbonyl (C=O) groups excluding carboxylic acids is 2. The normalized spacial score (nSPS) is 18.2. The standard InChI is InChI=1S/C24H27N3O4/c1-4-6-14-26-22(28)20(23(29)31-5-2)21(16-10-9-11-17(15-16)30-3)27-19-13-8-7-12-18(19)25-24(26)27/h7-13,15,20-21H,4-6,14H2,1-3H3/t20-,21+/m1/s1. The Bertz CT molecular complexity index is 1110. The lowest BCUT2D eigenvalue weighted by atomic mass is 9.89. The van der Waals surface area contributed by atoms with E-state index >= 15 is 0 Å². The van der Waals surface area contributed by atoms with E-state index in [2.05, 4.69) is 6.92 Å². The summed E-state index contributed by atoms with van der Waals surface area (Å²) in [6.45, 7) is 4.53. The van der Waals surface area contributed by atoms with Gasteiger partial charge in [0.25, 0.3) is 0 Å². The summed E-state index contributed by atoms with van der Waals surface area (Å²) in [5, 5.41) is 0. The van der Waals surface area contributed by atoms with Crippen molar-refractivity contribution in [3.8, 4) is 5.75 Å². The summed E-state index contributed by atoms with van der Waals surface area (Å²) in [7, 11) is 1.60. The van der Waals surface area contributed by atoms with Crippen LogP contribution in [0.5, 0.6) is 5.75 Å². The maximum absolute atomic E-state index is 13.7. The van der Waals surface area contributed by atoms with E-state index in [1.54, 1.807) is 18.9 Å². The van der Waals surface area contributed by atoms with Crippen molar-refractivity contribution in [1.82, 2.24) is 9.55 Å². The smallest absolute Gasteiger partial charge is 0.321 e. The molecule has 0 unspecified atom stereocenters. The van der Waals surface area contributed by atoms with Gasteiger partial charge in [0.2, 0.25) is 11.9 Å². The Kier molecular flexibility index (Phi) is 5.93. The maximum Gasteiger partial charge on any atom is 0.321 e. The summed E-state index contributed by atoms with van der Waals surface area (Å²) in [6, 6.07) is 14.6. The number of nitrogens with zero attached hydrogens (tertiary/aromatic N) is 3. The van der Waals surface area contributed by atoms with Gasteiger partial charge in [0, 0.05) is 6.54 Å². The zero-order valence-corrected chi connectivity index (χ0v) is 18.1. The van der Waals surface area contributed by atoms with Gasteiger partial charge in [-0.15, -0.1) is 0 Å². The average molecular weight is 421 g/mol. The first kappa shape index (κ1) is 20.9. The number of anilines is 1. The van der Waals surface area contributed by atoms with Gasteiger partial charge in [-0.1, -0.05) is 37.6 Å². The molecule has 2 aromatic carbocycles. The summed E-state index contributed by atoms with van der Waals surface area (Å²) in [4.78, 5) is 33.2. The Labute approximate surface area is 181 Å². The van der Waals surface area contributed by atoms with Crippen molar-refractivity contribution >= 4 is 28.9 Å². The molecule has 0 aliphatic carbocycles. The quantitative estimate of drug-likeness (QED) is 0.426. The highest BCUT2D eigenvalue weighted by molar-refractivity contribution is 6.08. The van der Waals surface area contributed by atoms with Crippen LogP contribution in [-0.2, 0) is 14.3 Å². The molecule has 1 amide bonds. The topological polar surface area (TPSA) is 73.7 Å². The van der Waals surface area contributed by atoms with Crippen LogP contribution < -0.4 is 9.64 Å². The molecular formula is C24H27N3O4. The molecule has 7 heteroatoms. The minimum atomic E-state index is -1.01. The number of esters is 1. The second-order valence-electron chi connectivity index (χ2n) is 7.57. The monoisotopic (exact) mass is 421 g/mol. The largest absolute Gasteiger partial charge is 0.497 e. The highest BCUT2D eigenvalue weighted by atomic mass is 16.5. The molecule has 0 saturated carbocycles. The Morgan fingerprint density at radius 1 is 1.13 bits per heavy atom. The number of unbranched alkanes of at least 4 members (excludes halogenated alkanes) is 1. The number of fused-ring (bicyclic) bond motifs is 3. The number of carbonyl (C=O) groups is 2. The summed E-state index contributed by atoms with van der Waals surface area (Å²) in [6.07, 6.45) is 1.74. The second-order valence-corrected chi connectivity index (χ2v) is 7.57. The van der Waals surface area contributed by atoms with E-state index in [-0.39, 0.29) is 12.5 Å². The SMILES string of the molecule is CCCCN1C(=O)[C@H](C(=O)OCC)[C@H](c2cccc(OC)c2)n2c1nc1ccccc12. The van der Waals surface area contributed by atoms with Crippen molar-refractivity contribution in [2.75, 3.05) is 25.2 Å². The van der Waals surface area contributed by atoms with E-state index in [0.29, 0.717) is 18.2 Å². The number of rotatable bonds is 7. The van der Waals surface area contributed by atoms with Crippen molar-refractivity contribution < 1.29 is 19.1 Å². The zero-order valence-electron chi connectivity index (χ0n) is 18.1. The fourth-order valence-electron chi connectivity index (χ4n) is 4.20. The Hall–Kier alpha value is -3.35. The summed E-state index contributed by atoms with van der Waals surface area (Å²) < 4.78 is 12.8. The third kappa shape index (κ3) is 3.65. The molecule has 0 N–H and O–H groups in total. The van der Waals surface area contributed by atoms with Gasteiger partial charge in [-0.2, -0.15) is 0 Å². The number of amides is 1. The first-order valence-corrected chi connectivity index (χ1v) is 10.7. The van der Waals surface area contributed by atoms with Crippen molar-refractivity contribution in [1.29, 1.82) is 0 Å². The van der Waals surface area contributed by atoms with Gasteiger partial charge in [0.1, 0.15) is 5.75 Å². The molecule has 1 aromatic heterocycles. The summed E-state index contributed by atoms with van der Waals surface area (Å²) >= 11 is 0. The van der Waals surface area contributed by atoms with Crippen LogP contribution in [0.25, 0.3) is 11.0 Å². The van der Waals surface area contributed by atoms with Crippen molar-refractivity contribution in [3.05, 3.63) is 54.1 Å². The van der Waals surface area contributed by atoms with Crippen LogP contribution in [0.4, 0.5) is 5.95 Å². The van der Waals surface area contributed by atoms with Crippen molar-refractivity contribution in [3.63, 3.8) is 0 Å². The number of imidazole rings is 1. The molecule has 1 aliphatic heterocycles. The third-order valence-electron chi connectivity index (χ3n) is 5.66. The Morgan fingerprint density at radius 3 is 2.68 bits per heavy atom. The summed E-state index contributed by atoms with van der Waals surface area (Å²) in [5.74, 6) is -0.582. The summed E-state index contributed by atoms with van der Waals surface area (Å²) in [5.41, 5.74) is 2.45. The van der Waals surface area contributed by atoms with Crippen LogP contribution in [0, 0.1) is 5.92 Å². The molecule has 0 spiro atoms. The minimum absolute atomic E-state index is 0.208. The molecule has 0 bridgehead atoms. The molecule has 7 nitrogen and oxygen atoms in total. The van der Waals surface area contributed by atoms with E-state index in [9.17, 15) is 9.59 Å². The Morgan fingerprint density at radius 2 is 1.94 bits per heavy atom. The van der Waals surface area contributed by atoms with E-state index in [4.69, 9.17) is 14.5 Å². The van der Waals surface area contributed by atoms with Gasteiger partial charge in [-0.25, -0.2) is 4.98 Å². The molecule has 4 rings (SSSR count). The third-order valence-corrected chi connectivity index (χ3v) is 5.66. The molecule has 162 valence electrons. The van der Waals surface area contributed by atoms with E-state index < -0.39 is 17.9 Å². The number of benzene rings is 2. The van der Waals surface area contributed by atoms with Crippen LogP contribution in [0.15, 0.2) is 48.5 Å². The van der Waals surface area contributed by atoms with Gasteiger partial charge in [-0.3, -0.25) is 14.5 Å². The molecular weight excluding hydrogens is 394 g/mol. The van der Waals surface area contributed by atoms with Crippen LogP contribution in [0.2, 0.25) is 0 Å². The number of hydrogen-bond acceptors (Lipinski definition) is 5. The van der Waals surface area contributed by atoms with Gasteiger partial charge in [0.15, 0.2) is 5.92 Å². The van der Waals surface area contributed by atoms with Gasteiger partial charge < -0.3 is 14.0 Å². The first-order valence-electron chi connectivity index (χ1n) is 10.7. The van der Waals surface area contributed by atoms with E-state index in [0.717, 1.165) is 29.4 Å². The lowest BCUT2D eigenvalue weighted by Crippen LogP contribution is -2.50. The lowest BCUT2D eigenvalue weighted by Gasteiger charge is -2.38. The first-order chi connectivity index (χ1) is 15.1. The van der Waals surface area contributed by atoms with Gasteiger partial charge in [-0.05, 0) is 43.2 Å².